The Labute approximate surface area is 111 Å². The molecule has 4 rings (SSSR count). The van der Waals surface area contributed by atoms with Crippen molar-refractivity contribution < 1.29 is 9.53 Å². The third-order valence-corrected chi connectivity index (χ3v) is 6.41. The number of carbonyl (C=O) groups excluding carboxylic acids is 1. The summed E-state index contributed by atoms with van der Waals surface area (Å²) in [5.74, 6) is 2.67. The normalized spacial score (nSPS) is 46.8. The highest BCUT2D eigenvalue weighted by Gasteiger charge is 2.54. The summed E-state index contributed by atoms with van der Waals surface area (Å²) in [6, 6.07) is 0. The van der Waals surface area contributed by atoms with Gasteiger partial charge in [0.1, 0.15) is 0 Å². The summed E-state index contributed by atoms with van der Waals surface area (Å²) < 4.78 is 5.59. The van der Waals surface area contributed by atoms with Crippen LogP contribution < -0.4 is 0 Å². The van der Waals surface area contributed by atoms with Gasteiger partial charge < -0.3 is 4.74 Å². The van der Waals surface area contributed by atoms with Gasteiger partial charge in [0, 0.05) is 12.3 Å². The molecule has 0 heterocycles. The van der Waals surface area contributed by atoms with E-state index in [9.17, 15) is 4.79 Å². The van der Waals surface area contributed by atoms with Gasteiger partial charge in [0.25, 0.3) is 0 Å². The van der Waals surface area contributed by atoms with Gasteiger partial charge in [0.05, 0.1) is 0 Å². The zero-order valence-electron chi connectivity index (χ0n) is 9.75. The predicted octanol–water partition coefficient (Wildman–Crippen LogP) is 3.53. The second kappa shape index (κ2) is 3.85. The molecule has 0 N–H and O–H groups in total. The zero-order valence-corrected chi connectivity index (χ0v) is 11.9. The van der Waals surface area contributed by atoms with Crippen molar-refractivity contribution in [2.75, 3.05) is 0 Å². The van der Waals surface area contributed by atoms with Crippen LogP contribution in [0.5, 0.6) is 0 Å². The number of esters is 1. The van der Waals surface area contributed by atoms with E-state index in [2.05, 4.69) is 22.6 Å². The molecule has 2 nitrogen and oxygen atoms in total. The standard InChI is InChI=1S/C13H19IO2/c1-8(15)16-12(14)13-5-9-2-10(6-13)4-11(3-9)7-13/h9-12H,2-7H2,1H3. The number of ether oxygens (including phenoxy) is 1. The van der Waals surface area contributed by atoms with Crippen LogP contribution in [0.1, 0.15) is 45.4 Å². The summed E-state index contributed by atoms with van der Waals surface area (Å²) in [5, 5.41) is 0. The van der Waals surface area contributed by atoms with E-state index in [1.807, 2.05) is 0 Å². The van der Waals surface area contributed by atoms with E-state index in [0.717, 1.165) is 17.8 Å². The molecule has 1 unspecified atom stereocenters. The van der Waals surface area contributed by atoms with Crippen LogP contribution in [-0.2, 0) is 9.53 Å². The van der Waals surface area contributed by atoms with Gasteiger partial charge in [-0.1, -0.05) is 0 Å². The van der Waals surface area contributed by atoms with Crippen molar-refractivity contribution in [1.82, 2.24) is 0 Å². The third kappa shape index (κ3) is 1.79. The Morgan fingerprint density at radius 2 is 1.62 bits per heavy atom. The van der Waals surface area contributed by atoms with Gasteiger partial charge >= 0.3 is 5.97 Å². The van der Waals surface area contributed by atoms with Crippen molar-refractivity contribution in [1.29, 1.82) is 0 Å². The van der Waals surface area contributed by atoms with Gasteiger partial charge in [0.2, 0.25) is 0 Å². The fourth-order valence-corrected chi connectivity index (χ4v) is 5.85. The number of rotatable bonds is 2. The maximum Gasteiger partial charge on any atom is 0.303 e. The van der Waals surface area contributed by atoms with Crippen LogP contribution in [0, 0.1) is 23.2 Å². The van der Waals surface area contributed by atoms with Crippen molar-refractivity contribution in [3.63, 3.8) is 0 Å². The lowest BCUT2D eigenvalue weighted by molar-refractivity contribution is -0.155. The van der Waals surface area contributed by atoms with Crippen molar-refractivity contribution in [2.24, 2.45) is 23.2 Å². The fraction of sp³-hybridized carbons (Fsp3) is 0.923. The fourth-order valence-electron chi connectivity index (χ4n) is 4.73. The number of hydrogen-bond acceptors (Lipinski definition) is 2. The van der Waals surface area contributed by atoms with E-state index in [1.54, 1.807) is 0 Å². The molecule has 4 saturated carbocycles. The van der Waals surface area contributed by atoms with Crippen molar-refractivity contribution in [3.05, 3.63) is 0 Å². The second-order valence-electron chi connectivity index (χ2n) is 6.21. The second-order valence-corrected chi connectivity index (χ2v) is 7.34. The topological polar surface area (TPSA) is 26.3 Å². The number of carbonyl (C=O) groups is 1. The lowest BCUT2D eigenvalue weighted by atomic mass is 9.50. The quantitative estimate of drug-likeness (QED) is 0.439. The van der Waals surface area contributed by atoms with Gasteiger partial charge in [0.15, 0.2) is 4.11 Å². The van der Waals surface area contributed by atoms with Crippen LogP contribution in [0.3, 0.4) is 0 Å². The molecule has 0 spiro atoms. The van der Waals surface area contributed by atoms with Gasteiger partial charge in [-0.05, 0) is 78.9 Å². The first-order chi connectivity index (χ1) is 7.57. The van der Waals surface area contributed by atoms with E-state index < -0.39 is 0 Å². The highest BCUT2D eigenvalue weighted by molar-refractivity contribution is 14.1. The van der Waals surface area contributed by atoms with Gasteiger partial charge in [-0.25, -0.2) is 0 Å². The molecule has 0 aromatic heterocycles. The molecule has 4 aliphatic rings. The molecule has 0 aliphatic heterocycles. The van der Waals surface area contributed by atoms with E-state index in [1.165, 1.54) is 45.4 Å². The van der Waals surface area contributed by atoms with Gasteiger partial charge in [-0.15, -0.1) is 0 Å². The lowest BCUT2D eigenvalue weighted by Gasteiger charge is -2.57. The average Bonchev–Trinajstić information content (AvgIpc) is 2.13. The largest absolute Gasteiger partial charge is 0.451 e. The zero-order chi connectivity index (χ0) is 11.3. The molecule has 4 fully saturated rings. The summed E-state index contributed by atoms with van der Waals surface area (Å²) in [5.41, 5.74) is 0.334. The molecule has 90 valence electrons. The first-order valence-corrected chi connectivity index (χ1v) is 7.63. The molecule has 4 bridgehead atoms. The smallest absolute Gasteiger partial charge is 0.303 e. The summed E-state index contributed by atoms with van der Waals surface area (Å²) in [4.78, 5) is 11.1. The number of halogens is 1. The van der Waals surface area contributed by atoms with Crippen LogP contribution in [0.4, 0.5) is 0 Å². The van der Waals surface area contributed by atoms with Gasteiger partial charge in [-0.3, -0.25) is 4.79 Å². The summed E-state index contributed by atoms with van der Waals surface area (Å²) in [6.45, 7) is 1.53. The summed E-state index contributed by atoms with van der Waals surface area (Å²) in [6.07, 6.45) is 8.26. The highest BCUT2D eigenvalue weighted by atomic mass is 127. The monoisotopic (exact) mass is 334 g/mol. The van der Waals surface area contributed by atoms with E-state index in [0.29, 0.717) is 5.41 Å². The Balaban J connectivity index is 1.80. The molecule has 0 radical (unpaired) electrons. The third-order valence-electron chi connectivity index (χ3n) is 4.84. The van der Waals surface area contributed by atoms with Crippen molar-refractivity contribution in [3.8, 4) is 0 Å². The Hall–Kier alpha value is 0.200. The lowest BCUT2D eigenvalue weighted by Crippen LogP contribution is -2.50. The summed E-state index contributed by atoms with van der Waals surface area (Å²) >= 11 is 2.36. The predicted molar refractivity (Wildman–Crippen MR) is 70.2 cm³/mol. The molecular weight excluding hydrogens is 315 g/mol. The minimum Gasteiger partial charge on any atom is -0.451 e. The maximum absolute atomic E-state index is 11.1. The Bertz CT molecular complexity index is 278. The molecular formula is C13H19IO2. The minimum absolute atomic E-state index is 0.107. The van der Waals surface area contributed by atoms with Crippen LogP contribution in [0.15, 0.2) is 0 Å². The molecule has 3 heteroatoms. The molecule has 0 amide bonds. The number of hydrogen-bond donors (Lipinski definition) is 0. The Morgan fingerprint density at radius 3 is 2.00 bits per heavy atom. The summed E-state index contributed by atoms with van der Waals surface area (Å²) in [7, 11) is 0. The minimum atomic E-state index is -0.116. The Morgan fingerprint density at radius 1 is 1.19 bits per heavy atom. The molecule has 0 saturated heterocycles. The van der Waals surface area contributed by atoms with E-state index >= 15 is 0 Å². The molecule has 0 aromatic rings. The SMILES string of the molecule is CC(=O)OC(I)C12CC3CC(CC(C3)C1)C2. The van der Waals surface area contributed by atoms with Crippen molar-refractivity contribution >= 4 is 28.6 Å². The molecule has 4 aliphatic carbocycles. The van der Waals surface area contributed by atoms with Crippen LogP contribution in [0.25, 0.3) is 0 Å². The maximum atomic E-state index is 11.1. The van der Waals surface area contributed by atoms with E-state index in [4.69, 9.17) is 4.74 Å². The van der Waals surface area contributed by atoms with Crippen LogP contribution >= 0.6 is 22.6 Å². The van der Waals surface area contributed by atoms with Gasteiger partial charge in [-0.2, -0.15) is 0 Å². The van der Waals surface area contributed by atoms with Crippen LogP contribution in [-0.4, -0.2) is 10.1 Å². The van der Waals surface area contributed by atoms with E-state index in [-0.39, 0.29) is 10.1 Å². The molecule has 0 aromatic carbocycles. The van der Waals surface area contributed by atoms with Crippen LogP contribution in [0.2, 0.25) is 0 Å². The first kappa shape index (κ1) is 11.3. The Kier molecular flexibility index (Phi) is 2.72. The average molecular weight is 334 g/mol. The molecule has 16 heavy (non-hydrogen) atoms. The van der Waals surface area contributed by atoms with Crippen molar-refractivity contribution in [2.45, 2.75) is 49.6 Å². The first-order valence-electron chi connectivity index (χ1n) is 6.39. The highest BCUT2D eigenvalue weighted by Crippen LogP contribution is 2.62. The molecule has 1 atom stereocenters. The number of alkyl halides is 1.